The van der Waals surface area contributed by atoms with Gasteiger partial charge in [0.1, 0.15) is 0 Å². The molecule has 0 saturated carbocycles. The molecule has 0 atom stereocenters. The smallest absolute Gasteiger partial charge is 0.284 e. The number of nitro benzene ring substituents is 3. The van der Waals surface area contributed by atoms with Gasteiger partial charge in [-0.2, -0.15) is 0 Å². The van der Waals surface area contributed by atoms with E-state index in [1.807, 2.05) is 13.8 Å². The minimum Gasteiger partial charge on any atom is -0.339 e. The third-order valence-electron chi connectivity index (χ3n) is 5.09. The molecule has 1 aliphatic rings. The van der Waals surface area contributed by atoms with Crippen molar-refractivity contribution < 1.29 is 24.4 Å². The van der Waals surface area contributed by atoms with Crippen LogP contribution in [0.4, 0.5) is 17.1 Å². The quantitative estimate of drug-likeness (QED) is 0.374. The summed E-state index contributed by atoms with van der Waals surface area (Å²) in [6, 6.07) is 3.54. The summed E-state index contributed by atoms with van der Waals surface area (Å²) in [6.07, 6.45) is 1.20. The van der Waals surface area contributed by atoms with E-state index in [4.69, 9.17) is 0 Å². The monoisotopic (exact) mass is 442 g/mol. The highest BCUT2D eigenvalue weighted by Gasteiger charge is 2.40. The van der Waals surface area contributed by atoms with Gasteiger partial charge in [0.25, 0.3) is 23.0 Å². The highest BCUT2D eigenvalue weighted by Crippen LogP contribution is 2.47. The van der Waals surface area contributed by atoms with E-state index in [0.29, 0.717) is 32.0 Å². The SMILES string of the molecule is CCCN(CCC)C(=O)c1cc([N+](=O)[O-])cc2c1-c1c(cc([N+](=O)[O-])cc1[N+](=O)[O-])C2=O. The lowest BCUT2D eigenvalue weighted by atomic mass is 9.96. The largest absolute Gasteiger partial charge is 0.339 e. The van der Waals surface area contributed by atoms with Gasteiger partial charge in [-0.3, -0.25) is 39.9 Å². The molecule has 0 unspecified atom stereocenters. The van der Waals surface area contributed by atoms with Crippen molar-refractivity contribution in [2.75, 3.05) is 13.1 Å². The number of nitrogens with zero attached hydrogens (tertiary/aromatic N) is 4. The van der Waals surface area contributed by atoms with Crippen LogP contribution in [-0.4, -0.2) is 44.4 Å². The van der Waals surface area contributed by atoms with E-state index in [1.54, 1.807) is 0 Å². The van der Waals surface area contributed by atoms with Crippen LogP contribution in [0.15, 0.2) is 24.3 Å². The van der Waals surface area contributed by atoms with Crippen LogP contribution in [-0.2, 0) is 0 Å². The zero-order valence-electron chi connectivity index (χ0n) is 17.2. The molecule has 12 heteroatoms. The Labute approximate surface area is 180 Å². The zero-order chi connectivity index (χ0) is 23.7. The Morgan fingerprint density at radius 2 is 1.31 bits per heavy atom. The van der Waals surface area contributed by atoms with Crippen LogP contribution in [0.5, 0.6) is 0 Å². The second-order valence-electron chi connectivity index (χ2n) is 7.20. The van der Waals surface area contributed by atoms with E-state index in [1.165, 1.54) is 4.90 Å². The fourth-order valence-electron chi connectivity index (χ4n) is 3.82. The minimum absolute atomic E-state index is 0.112. The second-order valence-corrected chi connectivity index (χ2v) is 7.20. The predicted molar refractivity (Wildman–Crippen MR) is 112 cm³/mol. The summed E-state index contributed by atoms with van der Waals surface area (Å²) in [4.78, 5) is 59.7. The van der Waals surface area contributed by atoms with Gasteiger partial charge in [0, 0.05) is 48.0 Å². The average Bonchev–Trinajstić information content (AvgIpc) is 3.03. The number of rotatable bonds is 8. The molecule has 0 aliphatic heterocycles. The number of carbonyl (C=O) groups is 2. The van der Waals surface area contributed by atoms with Crippen molar-refractivity contribution in [3.05, 3.63) is 71.3 Å². The number of ketones is 1. The first-order chi connectivity index (χ1) is 15.1. The van der Waals surface area contributed by atoms with Gasteiger partial charge in [0.05, 0.1) is 32.0 Å². The van der Waals surface area contributed by atoms with Crippen LogP contribution < -0.4 is 0 Å². The van der Waals surface area contributed by atoms with E-state index in [0.717, 1.165) is 18.2 Å². The van der Waals surface area contributed by atoms with Crippen LogP contribution in [0.3, 0.4) is 0 Å². The fraction of sp³-hybridized carbons (Fsp3) is 0.300. The minimum atomic E-state index is -0.875. The Morgan fingerprint density at radius 1 is 0.812 bits per heavy atom. The average molecular weight is 442 g/mol. The molecule has 0 spiro atoms. The van der Waals surface area contributed by atoms with E-state index in [-0.39, 0.29) is 27.8 Å². The summed E-state index contributed by atoms with van der Waals surface area (Å²) in [5.74, 6) is -1.46. The summed E-state index contributed by atoms with van der Waals surface area (Å²) in [6.45, 7) is 4.37. The molecule has 2 aromatic rings. The Kier molecular flexibility index (Phi) is 5.96. The zero-order valence-corrected chi connectivity index (χ0v) is 17.2. The Hall–Kier alpha value is -4.22. The highest BCUT2D eigenvalue weighted by molar-refractivity contribution is 6.26. The molecular formula is C20H18N4O8. The Morgan fingerprint density at radius 3 is 1.78 bits per heavy atom. The lowest BCUT2D eigenvalue weighted by Crippen LogP contribution is -2.33. The van der Waals surface area contributed by atoms with Gasteiger partial charge in [-0.15, -0.1) is 0 Å². The Balaban J connectivity index is 2.39. The molecule has 12 nitrogen and oxygen atoms in total. The highest BCUT2D eigenvalue weighted by atomic mass is 16.6. The molecule has 0 radical (unpaired) electrons. The van der Waals surface area contributed by atoms with Crippen LogP contribution in [0.1, 0.15) is 53.0 Å². The molecule has 0 fully saturated rings. The number of benzene rings is 2. The van der Waals surface area contributed by atoms with Crippen molar-refractivity contribution in [2.24, 2.45) is 0 Å². The number of hydrogen-bond acceptors (Lipinski definition) is 8. The van der Waals surface area contributed by atoms with E-state index >= 15 is 0 Å². The van der Waals surface area contributed by atoms with Gasteiger partial charge >= 0.3 is 0 Å². The lowest BCUT2D eigenvalue weighted by Gasteiger charge is -2.22. The maximum absolute atomic E-state index is 13.3. The lowest BCUT2D eigenvalue weighted by molar-refractivity contribution is -0.393. The maximum atomic E-state index is 13.3. The van der Waals surface area contributed by atoms with Crippen LogP contribution in [0.2, 0.25) is 0 Å². The molecule has 0 saturated heterocycles. The number of hydrogen-bond donors (Lipinski definition) is 0. The van der Waals surface area contributed by atoms with Gasteiger partial charge in [-0.1, -0.05) is 13.8 Å². The van der Waals surface area contributed by atoms with Gasteiger partial charge in [0.15, 0.2) is 5.78 Å². The molecule has 0 heterocycles. The van der Waals surface area contributed by atoms with Crippen LogP contribution in [0, 0.1) is 30.3 Å². The van der Waals surface area contributed by atoms with Crippen molar-refractivity contribution in [2.45, 2.75) is 26.7 Å². The summed E-state index contributed by atoms with van der Waals surface area (Å²) in [5.41, 5.74) is -3.11. The van der Waals surface area contributed by atoms with Gasteiger partial charge in [-0.05, 0) is 12.8 Å². The van der Waals surface area contributed by atoms with Gasteiger partial charge in [-0.25, -0.2) is 0 Å². The van der Waals surface area contributed by atoms with E-state index < -0.39 is 43.5 Å². The normalized spacial score (nSPS) is 11.6. The van der Waals surface area contributed by atoms with Crippen LogP contribution >= 0.6 is 0 Å². The van der Waals surface area contributed by atoms with Crippen molar-refractivity contribution in [3.8, 4) is 11.1 Å². The molecule has 1 aliphatic carbocycles. The third kappa shape index (κ3) is 3.66. The topological polar surface area (TPSA) is 167 Å². The first kappa shape index (κ1) is 22.5. The van der Waals surface area contributed by atoms with Crippen molar-refractivity contribution >= 4 is 28.8 Å². The molecule has 0 N–H and O–H groups in total. The maximum Gasteiger partial charge on any atom is 0.284 e. The first-order valence-electron chi connectivity index (χ1n) is 9.75. The van der Waals surface area contributed by atoms with Crippen molar-refractivity contribution in [3.63, 3.8) is 0 Å². The van der Waals surface area contributed by atoms with Crippen LogP contribution in [0.25, 0.3) is 11.1 Å². The molecule has 32 heavy (non-hydrogen) atoms. The summed E-state index contributed by atoms with van der Waals surface area (Å²) >= 11 is 0. The van der Waals surface area contributed by atoms with Gasteiger partial charge < -0.3 is 4.90 Å². The fourth-order valence-corrected chi connectivity index (χ4v) is 3.82. The molecule has 166 valence electrons. The molecule has 1 amide bonds. The van der Waals surface area contributed by atoms with E-state index in [2.05, 4.69) is 0 Å². The summed E-state index contributed by atoms with van der Waals surface area (Å²) in [7, 11) is 0. The Bertz CT molecular complexity index is 1180. The molecule has 0 bridgehead atoms. The number of non-ortho nitro benzene ring substituents is 2. The number of amides is 1. The number of nitro groups is 3. The number of carbonyl (C=O) groups excluding carboxylic acids is 2. The molecule has 3 rings (SSSR count). The number of fused-ring (bicyclic) bond motifs is 3. The van der Waals surface area contributed by atoms with Gasteiger partial charge in [0.2, 0.25) is 0 Å². The predicted octanol–water partition coefficient (Wildman–Crippen LogP) is 3.88. The summed E-state index contributed by atoms with van der Waals surface area (Å²) in [5, 5.41) is 34.4. The summed E-state index contributed by atoms with van der Waals surface area (Å²) < 4.78 is 0. The second kappa shape index (κ2) is 8.49. The molecule has 0 aromatic heterocycles. The first-order valence-corrected chi connectivity index (χ1v) is 9.75. The van der Waals surface area contributed by atoms with Crippen molar-refractivity contribution in [1.29, 1.82) is 0 Å². The molecular weight excluding hydrogens is 424 g/mol. The standard InChI is InChI=1S/C20H18N4O8/c1-3-5-21(6-4-2)20(26)15-9-11(22(27)28)7-13-17(15)18-14(19(13)25)8-12(23(29)30)10-16(18)24(31)32/h7-10H,3-6H2,1-2H3. The third-order valence-corrected chi connectivity index (χ3v) is 5.09. The van der Waals surface area contributed by atoms with Crippen molar-refractivity contribution in [1.82, 2.24) is 4.90 Å². The van der Waals surface area contributed by atoms with E-state index in [9.17, 15) is 39.9 Å². The molecule has 2 aromatic carbocycles.